The molecule has 4 nitrogen and oxygen atoms in total. The first-order valence-electron chi connectivity index (χ1n) is 15.9. The smallest absolute Gasteiger partial charge is 0.176 e. The molecule has 0 aliphatic heterocycles. The van der Waals surface area contributed by atoms with Crippen LogP contribution >= 0.6 is 11.3 Å². The van der Waals surface area contributed by atoms with Gasteiger partial charge in [-0.2, -0.15) is 0 Å². The molecule has 0 fully saturated rings. The highest BCUT2D eigenvalue weighted by Crippen LogP contribution is 2.43. The third-order valence-corrected chi connectivity index (χ3v) is 10.5. The van der Waals surface area contributed by atoms with Crippen LogP contribution in [0.25, 0.3) is 69.6 Å². The molecule has 0 saturated carbocycles. The number of nitrogens with one attached hydrogen (secondary N) is 1. The zero-order valence-electron chi connectivity index (χ0n) is 26.7. The van der Waals surface area contributed by atoms with Gasteiger partial charge in [-0.25, -0.2) is 0 Å². The van der Waals surface area contributed by atoms with Crippen LogP contribution in [0.5, 0.6) is 0 Å². The SMILES string of the molecule is C=C/C=C\c1c(C)oc(C(=N)c2ccccc2)c1N.Cn1c2ccccc2c2c3ccc4ccc5c6ccccc6sc5c4c3ccc21. The minimum absolute atomic E-state index is 0.291. The molecule has 5 heteroatoms. The van der Waals surface area contributed by atoms with Crippen molar-refractivity contribution in [2.75, 3.05) is 5.73 Å². The van der Waals surface area contributed by atoms with E-state index in [-0.39, 0.29) is 0 Å². The molecular formula is C43H33N3OS. The van der Waals surface area contributed by atoms with Gasteiger partial charge in [0.2, 0.25) is 0 Å². The van der Waals surface area contributed by atoms with Crippen molar-refractivity contribution in [2.45, 2.75) is 6.92 Å². The van der Waals surface area contributed by atoms with Crippen LogP contribution in [-0.4, -0.2) is 10.3 Å². The number of allylic oxidation sites excluding steroid dienone is 2. The lowest BCUT2D eigenvalue weighted by molar-refractivity contribution is 0.525. The quantitative estimate of drug-likeness (QED) is 0.114. The molecule has 3 heterocycles. The van der Waals surface area contributed by atoms with Crippen LogP contribution in [0.15, 0.2) is 138 Å². The molecule has 9 aromatic rings. The Balaban J connectivity index is 0.000000155. The Morgan fingerprint density at radius 3 is 2.21 bits per heavy atom. The van der Waals surface area contributed by atoms with Crippen molar-refractivity contribution in [3.8, 4) is 0 Å². The molecule has 0 saturated heterocycles. The number of aryl methyl sites for hydroxylation is 2. The monoisotopic (exact) mass is 639 g/mol. The third-order valence-electron chi connectivity index (χ3n) is 9.26. The van der Waals surface area contributed by atoms with Crippen LogP contribution in [0.3, 0.4) is 0 Å². The molecule has 232 valence electrons. The van der Waals surface area contributed by atoms with E-state index >= 15 is 0 Å². The zero-order valence-corrected chi connectivity index (χ0v) is 27.6. The summed E-state index contributed by atoms with van der Waals surface area (Å²) < 4.78 is 10.7. The molecule has 0 bridgehead atoms. The van der Waals surface area contributed by atoms with E-state index < -0.39 is 0 Å². The number of aromatic nitrogens is 1. The van der Waals surface area contributed by atoms with E-state index in [4.69, 9.17) is 15.6 Å². The van der Waals surface area contributed by atoms with E-state index in [0.717, 1.165) is 11.1 Å². The number of hydrogen-bond acceptors (Lipinski definition) is 4. The summed E-state index contributed by atoms with van der Waals surface area (Å²) in [4.78, 5) is 0. The second-order valence-corrected chi connectivity index (χ2v) is 13.0. The van der Waals surface area contributed by atoms with Crippen molar-refractivity contribution in [3.63, 3.8) is 0 Å². The molecule has 0 spiro atoms. The number of fused-ring (bicyclic) bond motifs is 11. The lowest BCUT2D eigenvalue weighted by atomic mass is 9.97. The fraction of sp³-hybridized carbons (Fsp3) is 0.0465. The van der Waals surface area contributed by atoms with E-state index in [1.54, 1.807) is 12.2 Å². The molecule has 6 aromatic carbocycles. The van der Waals surface area contributed by atoms with Crippen LogP contribution in [0.2, 0.25) is 0 Å². The summed E-state index contributed by atoms with van der Waals surface area (Å²) in [5.74, 6) is 1.11. The van der Waals surface area contributed by atoms with Crippen molar-refractivity contribution in [1.29, 1.82) is 5.41 Å². The molecule has 0 atom stereocenters. The van der Waals surface area contributed by atoms with Crippen molar-refractivity contribution in [2.24, 2.45) is 7.05 Å². The van der Waals surface area contributed by atoms with Crippen LogP contribution in [-0.2, 0) is 7.05 Å². The van der Waals surface area contributed by atoms with Gasteiger partial charge >= 0.3 is 0 Å². The van der Waals surface area contributed by atoms with Gasteiger partial charge in [-0.1, -0.05) is 116 Å². The highest BCUT2D eigenvalue weighted by molar-refractivity contribution is 7.26. The van der Waals surface area contributed by atoms with Crippen LogP contribution < -0.4 is 5.73 Å². The molecule has 3 aromatic heterocycles. The zero-order chi connectivity index (χ0) is 32.9. The lowest BCUT2D eigenvalue weighted by Crippen LogP contribution is -2.03. The minimum Gasteiger partial charge on any atom is -0.457 e. The van der Waals surface area contributed by atoms with Crippen molar-refractivity contribution >= 4 is 92.3 Å². The van der Waals surface area contributed by atoms with Gasteiger partial charge in [-0.15, -0.1) is 11.3 Å². The predicted molar refractivity (Wildman–Crippen MR) is 208 cm³/mol. The van der Waals surface area contributed by atoms with Gasteiger partial charge in [-0.05, 0) is 47.4 Å². The van der Waals surface area contributed by atoms with Gasteiger partial charge in [0.15, 0.2) is 5.76 Å². The van der Waals surface area contributed by atoms with Crippen molar-refractivity contribution in [1.82, 2.24) is 4.57 Å². The number of benzene rings is 6. The standard InChI is InChI=1S/C27H17NS.C16H16N2O/c1-28-22-8-4-2-7-21(22)26-19-12-10-16-11-13-20-17-6-3-5-9-24(17)29-27(20)25(16)18(19)14-15-23(26)28;1-3-4-10-13-11(2)19-16(15(13)18)14(17)12-8-6-5-7-9-12/h2-15H,1H3;3-10,17H,1,18H2,2H3/b;10-4-,17-14?. The molecule has 0 unspecified atom stereocenters. The highest BCUT2D eigenvalue weighted by atomic mass is 32.1. The number of anilines is 1. The van der Waals surface area contributed by atoms with Crippen molar-refractivity contribution in [3.05, 3.63) is 157 Å². The van der Waals surface area contributed by atoms with E-state index in [1.165, 1.54) is 63.5 Å². The number of para-hydroxylation sites is 1. The maximum Gasteiger partial charge on any atom is 0.176 e. The second-order valence-electron chi connectivity index (χ2n) is 12.0. The van der Waals surface area contributed by atoms with Gasteiger partial charge in [0.25, 0.3) is 0 Å². The minimum atomic E-state index is 0.291. The second kappa shape index (κ2) is 11.7. The van der Waals surface area contributed by atoms with Gasteiger partial charge < -0.3 is 14.7 Å². The molecule has 48 heavy (non-hydrogen) atoms. The Labute approximate surface area is 282 Å². The third kappa shape index (κ3) is 4.62. The summed E-state index contributed by atoms with van der Waals surface area (Å²) >= 11 is 1.92. The van der Waals surface area contributed by atoms with E-state index in [2.05, 4.69) is 103 Å². The Morgan fingerprint density at radius 2 is 1.42 bits per heavy atom. The van der Waals surface area contributed by atoms with Crippen LogP contribution in [0, 0.1) is 12.3 Å². The van der Waals surface area contributed by atoms with Gasteiger partial charge in [0.1, 0.15) is 11.5 Å². The maximum atomic E-state index is 8.18. The van der Waals surface area contributed by atoms with Crippen LogP contribution in [0.1, 0.15) is 22.6 Å². The Morgan fingerprint density at radius 1 is 0.750 bits per heavy atom. The average Bonchev–Trinajstić information content (AvgIpc) is 3.75. The summed E-state index contributed by atoms with van der Waals surface area (Å²) in [6.07, 6.45) is 5.31. The number of nitrogens with two attached hydrogens (primary N) is 1. The van der Waals surface area contributed by atoms with Crippen LogP contribution in [0.4, 0.5) is 5.69 Å². The fourth-order valence-electron chi connectivity index (χ4n) is 6.93. The normalized spacial score (nSPS) is 11.7. The number of nitrogens with zero attached hydrogens (tertiary/aromatic N) is 1. The van der Waals surface area contributed by atoms with Gasteiger partial charge in [-0.3, -0.25) is 5.41 Å². The number of rotatable bonds is 4. The summed E-state index contributed by atoms with van der Waals surface area (Å²) in [5, 5.41) is 19.0. The summed E-state index contributed by atoms with van der Waals surface area (Å²) in [5.41, 5.74) is 11.0. The first kappa shape index (κ1) is 29.5. The Kier molecular flexibility index (Phi) is 7.20. The first-order chi connectivity index (χ1) is 23.5. The molecule has 0 aliphatic rings. The largest absolute Gasteiger partial charge is 0.457 e. The van der Waals surface area contributed by atoms with E-state index in [0.29, 0.717) is 22.9 Å². The summed E-state index contributed by atoms with van der Waals surface area (Å²) in [7, 11) is 2.17. The summed E-state index contributed by atoms with van der Waals surface area (Å²) in [6, 6.07) is 40.7. The molecule has 0 amide bonds. The summed E-state index contributed by atoms with van der Waals surface area (Å²) in [6.45, 7) is 5.46. The topological polar surface area (TPSA) is 67.9 Å². The predicted octanol–water partition coefficient (Wildman–Crippen LogP) is 11.8. The highest BCUT2D eigenvalue weighted by Gasteiger charge is 2.18. The number of thiophene rings is 1. The van der Waals surface area contributed by atoms with Gasteiger partial charge in [0.05, 0.1) is 5.69 Å². The molecule has 0 radical (unpaired) electrons. The molecule has 3 N–H and O–H groups in total. The number of furan rings is 1. The van der Waals surface area contributed by atoms with E-state index in [1.807, 2.05) is 54.7 Å². The average molecular weight is 640 g/mol. The van der Waals surface area contributed by atoms with Gasteiger partial charge in [0, 0.05) is 65.5 Å². The maximum absolute atomic E-state index is 8.18. The first-order valence-corrected chi connectivity index (χ1v) is 16.7. The lowest BCUT2D eigenvalue weighted by Gasteiger charge is -2.08. The fourth-order valence-corrected chi connectivity index (χ4v) is 8.20. The Hall–Kier alpha value is -5.91. The molecule has 0 aliphatic carbocycles. The van der Waals surface area contributed by atoms with E-state index in [9.17, 15) is 0 Å². The molecule has 9 rings (SSSR count). The van der Waals surface area contributed by atoms with Crippen molar-refractivity contribution < 1.29 is 4.42 Å². The number of nitrogen functional groups attached to an aromatic ring is 1. The number of hydrogen-bond donors (Lipinski definition) is 2. The Bertz CT molecular complexity index is 2740. The molecular weight excluding hydrogens is 607 g/mol.